The molecular formula is C21H27N3O3. The van der Waals surface area contributed by atoms with Gasteiger partial charge in [-0.3, -0.25) is 0 Å². The number of carbonyl (C=O) groups is 1. The van der Waals surface area contributed by atoms with E-state index in [1.807, 2.05) is 45.9 Å². The molecule has 1 aliphatic heterocycles. The second-order valence-electron chi connectivity index (χ2n) is 7.91. The highest BCUT2D eigenvalue weighted by molar-refractivity contribution is 5.71. The topological polar surface area (TPSA) is 64.5 Å². The van der Waals surface area contributed by atoms with Gasteiger partial charge in [0.2, 0.25) is 0 Å². The summed E-state index contributed by atoms with van der Waals surface area (Å²) >= 11 is 0. The van der Waals surface area contributed by atoms with Gasteiger partial charge < -0.3 is 14.4 Å². The number of para-hydroxylation sites is 1. The van der Waals surface area contributed by atoms with Crippen molar-refractivity contribution < 1.29 is 14.3 Å². The average molecular weight is 369 g/mol. The van der Waals surface area contributed by atoms with Crippen molar-refractivity contribution in [3.63, 3.8) is 0 Å². The van der Waals surface area contributed by atoms with Crippen LogP contribution in [-0.4, -0.2) is 46.8 Å². The minimum absolute atomic E-state index is 0.189. The Kier molecular flexibility index (Phi) is 5.35. The van der Waals surface area contributed by atoms with Crippen molar-refractivity contribution in [1.29, 1.82) is 0 Å². The predicted molar refractivity (Wildman–Crippen MR) is 104 cm³/mol. The summed E-state index contributed by atoms with van der Waals surface area (Å²) in [5.41, 5.74) is 2.41. The molecule has 0 radical (unpaired) electrons. The van der Waals surface area contributed by atoms with Crippen molar-refractivity contribution in [1.82, 2.24) is 14.9 Å². The van der Waals surface area contributed by atoms with Crippen LogP contribution in [0.5, 0.6) is 5.75 Å². The smallest absolute Gasteiger partial charge is 0.410 e. The molecule has 0 saturated heterocycles. The first-order valence-electron chi connectivity index (χ1n) is 9.24. The third-order valence-corrected chi connectivity index (χ3v) is 4.45. The average Bonchev–Trinajstić information content (AvgIpc) is 2.60. The molecule has 1 amide bonds. The number of nitrogens with zero attached hydrogens (tertiary/aromatic N) is 3. The maximum absolute atomic E-state index is 12.3. The zero-order chi connectivity index (χ0) is 19.6. The molecule has 1 atom stereocenters. The Bertz CT molecular complexity index is 830. The monoisotopic (exact) mass is 369 g/mol. The van der Waals surface area contributed by atoms with Gasteiger partial charge in [0.05, 0.1) is 12.3 Å². The first kappa shape index (κ1) is 19.1. The maximum atomic E-state index is 12.3. The highest BCUT2D eigenvalue weighted by Gasteiger charge is 2.28. The normalized spacial score (nSPS) is 16.3. The van der Waals surface area contributed by atoms with Gasteiger partial charge in [-0.1, -0.05) is 12.1 Å². The number of benzene rings is 1. The van der Waals surface area contributed by atoms with Crippen molar-refractivity contribution in [3.05, 3.63) is 41.9 Å². The van der Waals surface area contributed by atoms with E-state index in [0.29, 0.717) is 13.2 Å². The summed E-state index contributed by atoms with van der Waals surface area (Å²) < 4.78 is 11.5. The number of hydrogen-bond donors (Lipinski definition) is 0. The zero-order valence-corrected chi connectivity index (χ0v) is 16.7. The molecule has 0 bridgehead atoms. The molecule has 2 heterocycles. The first-order chi connectivity index (χ1) is 12.7. The Balaban J connectivity index is 1.85. The van der Waals surface area contributed by atoms with Crippen molar-refractivity contribution in [3.8, 4) is 17.0 Å². The van der Waals surface area contributed by atoms with E-state index < -0.39 is 5.60 Å². The summed E-state index contributed by atoms with van der Waals surface area (Å²) in [6, 6.07) is 7.99. The summed E-state index contributed by atoms with van der Waals surface area (Å²) in [4.78, 5) is 22.7. The fourth-order valence-electron chi connectivity index (χ4n) is 3.24. The maximum Gasteiger partial charge on any atom is 0.410 e. The molecule has 1 aliphatic rings. The molecule has 6 nitrogen and oxygen atoms in total. The number of aryl methyl sites for hydroxylation is 1. The first-order valence-corrected chi connectivity index (χ1v) is 9.24. The summed E-state index contributed by atoms with van der Waals surface area (Å²) in [6.07, 6.45) is 2.30. The van der Waals surface area contributed by atoms with Gasteiger partial charge in [0.15, 0.2) is 0 Å². The summed E-state index contributed by atoms with van der Waals surface area (Å²) in [6.45, 7) is 8.69. The lowest BCUT2D eigenvalue weighted by Crippen LogP contribution is -2.37. The van der Waals surface area contributed by atoms with Crippen LogP contribution in [0.25, 0.3) is 11.3 Å². The Labute approximate surface area is 160 Å². The van der Waals surface area contributed by atoms with E-state index in [-0.39, 0.29) is 12.0 Å². The minimum atomic E-state index is -0.503. The van der Waals surface area contributed by atoms with Gasteiger partial charge >= 0.3 is 6.09 Å². The number of aromatic nitrogens is 2. The molecule has 144 valence electrons. The number of amides is 1. The molecule has 2 aromatic rings. The number of hydrogen-bond acceptors (Lipinski definition) is 5. The van der Waals surface area contributed by atoms with E-state index in [1.165, 1.54) is 0 Å². The van der Waals surface area contributed by atoms with Gasteiger partial charge in [0.25, 0.3) is 0 Å². The van der Waals surface area contributed by atoms with E-state index in [9.17, 15) is 4.79 Å². The van der Waals surface area contributed by atoms with Crippen LogP contribution in [0.1, 0.15) is 44.5 Å². The van der Waals surface area contributed by atoms with Gasteiger partial charge in [0.1, 0.15) is 17.2 Å². The lowest BCUT2D eigenvalue weighted by atomic mass is 9.90. The van der Waals surface area contributed by atoms with Crippen LogP contribution in [0.3, 0.4) is 0 Å². The third kappa shape index (κ3) is 4.56. The van der Waals surface area contributed by atoms with Gasteiger partial charge in [-0.05, 0) is 51.8 Å². The van der Waals surface area contributed by atoms with Gasteiger partial charge in [-0.25, -0.2) is 14.8 Å². The summed E-state index contributed by atoms with van der Waals surface area (Å²) in [5, 5.41) is 0. The van der Waals surface area contributed by atoms with E-state index in [1.54, 1.807) is 18.1 Å². The van der Waals surface area contributed by atoms with E-state index in [4.69, 9.17) is 9.47 Å². The summed E-state index contributed by atoms with van der Waals surface area (Å²) in [5.74, 6) is 1.76. The molecule has 6 heteroatoms. The zero-order valence-electron chi connectivity index (χ0n) is 16.7. The highest BCUT2D eigenvalue weighted by Crippen LogP contribution is 2.40. The third-order valence-electron chi connectivity index (χ3n) is 4.45. The lowest BCUT2D eigenvalue weighted by Gasteiger charge is -2.31. The molecule has 27 heavy (non-hydrogen) atoms. The van der Waals surface area contributed by atoms with Crippen LogP contribution >= 0.6 is 0 Å². The molecule has 1 aromatic carbocycles. The van der Waals surface area contributed by atoms with Crippen LogP contribution < -0.4 is 4.74 Å². The van der Waals surface area contributed by atoms with Crippen LogP contribution in [0.4, 0.5) is 4.79 Å². The molecule has 0 spiro atoms. The Hall–Kier alpha value is -2.63. The number of likely N-dealkylation sites (N-methyl/N-ethyl adjacent to an activating group) is 1. The Morgan fingerprint density at radius 2 is 2.11 bits per heavy atom. The lowest BCUT2D eigenvalue weighted by molar-refractivity contribution is 0.0281. The number of fused-ring (bicyclic) bond motifs is 1. The Morgan fingerprint density at radius 1 is 1.33 bits per heavy atom. The SMILES string of the molecule is Cc1nccc(-c2cccc3c2OCC[C@H]3CN(C)C(=O)OC(C)(C)C)n1. The molecule has 0 aliphatic carbocycles. The van der Waals surface area contributed by atoms with Gasteiger partial charge in [-0.15, -0.1) is 0 Å². The molecule has 0 N–H and O–H groups in total. The standard InChI is InChI=1S/C21H27N3O3/c1-14-22-11-9-18(23-14)17-8-6-7-16-15(10-12-26-19(16)17)13-24(5)20(25)27-21(2,3)4/h6-9,11,15H,10,12-13H2,1-5H3/t15-/m0/s1. The highest BCUT2D eigenvalue weighted by atomic mass is 16.6. The van der Waals surface area contributed by atoms with E-state index in [2.05, 4.69) is 16.0 Å². The molecule has 0 fully saturated rings. The number of ether oxygens (including phenoxy) is 2. The quantitative estimate of drug-likeness (QED) is 0.812. The van der Waals surface area contributed by atoms with Crippen molar-refractivity contribution in [2.24, 2.45) is 0 Å². The number of rotatable bonds is 3. The molecule has 0 saturated carbocycles. The molecule has 1 aromatic heterocycles. The summed E-state index contributed by atoms with van der Waals surface area (Å²) in [7, 11) is 1.78. The van der Waals surface area contributed by atoms with E-state index >= 15 is 0 Å². The molecule has 0 unspecified atom stereocenters. The van der Waals surface area contributed by atoms with Gasteiger partial charge in [-0.2, -0.15) is 0 Å². The molecular weight excluding hydrogens is 342 g/mol. The van der Waals surface area contributed by atoms with Gasteiger partial charge in [0, 0.05) is 31.3 Å². The van der Waals surface area contributed by atoms with Crippen LogP contribution in [0, 0.1) is 6.92 Å². The molecule has 3 rings (SSSR count). The number of carbonyl (C=O) groups excluding carboxylic acids is 1. The fourth-order valence-corrected chi connectivity index (χ4v) is 3.24. The fraction of sp³-hybridized carbons (Fsp3) is 0.476. The van der Waals surface area contributed by atoms with Crippen molar-refractivity contribution in [2.75, 3.05) is 20.2 Å². The Morgan fingerprint density at radius 3 is 2.81 bits per heavy atom. The van der Waals surface area contributed by atoms with E-state index in [0.717, 1.165) is 34.8 Å². The predicted octanol–water partition coefficient (Wildman–Crippen LogP) is 4.19. The second-order valence-corrected chi connectivity index (χ2v) is 7.91. The van der Waals surface area contributed by atoms with Crippen LogP contribution in [-0.2, 0) is 4.74 Å². The second kappa shape index (κ2) is 7.55. The van der Waals surface area contributed by atoms with Crippen LogP contribution in [0.2, 0.25) is 0 Å². The minimum Gasteiger partial charge on any atom is -0.493 e. The van der Waals surface area contributed by atoms with Crippen molar-refractivity contribution >= 4 is 6.09 Å². The van der Waals surface area contributed by atoms with Crippen molar-refractivity contribution in [2.45, 2.75) is 45.6 Å². The van der Waals surface area contributed by atoms with Crippen LogP contribution in [0.15, 0.2) is 30.5 Å². The largest absolute Gasteiger partial charge is 0.493 e.